The quantitative estimate of drug-likeness (QED) is 0.569. The van der Waals surface area contributed by atoms with E-state index in [0.29, 0.717) is 0 Å². The minimum atomic E-state index is -0.685. The van der Waals surface area contributed by atoms with Gasteiger partial charge in [-0.3, -0.25) is 4.79 Å². The van der Waals surface area contributed by atoms with Gasteiger partial charge in [-0.05, 0) is 6.92 Å². The van der Waals surface area contributed by atoms with Crippen molar-refractivity contribution in [2.75, 3.05) is 6.61 Å². The third kappa shape index (κ3) is 2.68. The van der Waals surface area contributed by atoms with Gasteiger partial charge in [0.1, 0.15) is 0 Å². The fraction of sp³-hybridized carbons (Fsp3) is 0.900. The molecule has 0 aromatic heterocycles. The first-order valence-electron chi connectivity index (χ1n) is 5.18. The van der Waals surface area contributed by atoms with Crippen molar-refractivity contribution in [1.82, 2.24) is 5.32 Å². The van der Waals surface area contributed by atoms with Gasteiger partial charge in [-0.25, -0.2) is 0 Å². The summed E-state index contributed by atoms with van der Waals surface area (Å²) in [4.78, 5) is 10.9. The number of aliphatic hydroxyl groups excluding tert-OH is 2. The highest BCUT2D eigenvalue weighted by Gasteiger charge is 2.40. The molecule has 0 bridgehead atoms. The molecule has 1 rings (SSSR count). The first-order chi connectivity index (χ1) is 6.97. The van der Waals surface area contributed by atoms with Gasteiger partial charge in [0.05, 0.1) is 31.0 Å². The highest BCUT2D eigenvalue weighted by molar-refractivity contribution is 5.73. The lowest BCUT2D eigenvalue weighted by molar-refractivity contribution is -0.160. The molecular formula is C10H19NO4. The van der Waals surface area contributed by atoms with Crippen molar-refractivity contribution in [3.63, 3.8) is 0 Å². The average molecular weight is 217 g/mol. The first kappa shape index (κ1) is 12.4. The van der Waals surface area contributed by atoms with E-state index < -0.39 is 12.1 Å². The van der Waals surface area contributed by atoms with Crippen LogP contribution in [-0.2, 0) is 9.53 Å². The lowest BCUT2D eigenvalue weighted by atomic mass is 9.87. The summed E-state index contributed by atoms with van der Waals surface area (Å²) in [6, 6.07) is -0.403. The molecule has 0 spiro atoms. The van der Waals surface area contributed by atoms with E-state index in [1.165, 1.54) is 6.92 Å². The Balaban J connectivity index is 2.70. The summed E-state index contributed by atoms with van der Waals surface area (Å²) < 4.78 is 5.51. The molecule has 1 aliphatic heterocycles. The summed E-state index contributed by atoms with van der Waals surface area (Å²) in [7, 11) is 0. The van der Waals surface area contributed by atoms with Crippen LogP contribution < -0.4 is 5.32 Å². The van der Waals surface area contributed by atoms with Crippen molar-refractivity contribution in [2.45, 2.75) is 45.1 Å². The number of carbonyl (C=O) groups excluding carboxylic acids is 1. The molecule has 15 heavy (non-hydrogen) atoms. The standard InChI is InChI=1S/C10H19NO4/c1-5-8(4-12)15-6(2)9(10(5)14)11-7(3)13/h5-6,8-10,12,14H,4H2,1-3H3,(H,11,13)/t5-,6+,8?,9-,10?/m1/s1. The van der Waals surface area contributed by atoms with Crippen molar-refractivity contribution in [1.29, 1.82) is 0 Å². The second-order valence-electron chi connectivity index (χ2n) is 4.14. The molecule has 0 radical (unpaired) electrons. The summed E-state index contributed by atoms with van der Waals surface area (Å²) in [5.74, 6) is -0.382. The maximum absolute atomic E-state index is 10.9. The maximum Gasteiger partial charge on any atom is 0.217 e. The van der Waals surface area contributed by atoms with E-state index in [2.05, 4.69) is 5.32 Å². The third-order valence-electron chi connectivity index (χ3n) is 2.94. The number of rotatable bonds is 2. The molecule has 0 saturated carbocycles. The Labute approximate surface area is 89.4 Å². The van der Waals surface area contributed by atoms with E-state index in [1.54, 1.807) is 13.8 Å². The molecular weight excluding hydrogens is 198 g/mol. The number of amides is 1. The molecule has 0 aliphatic carbocycles. The number of aliphatic hydroxyl groups is 2. The second kappa shape index (κ2) is 4.92. The van der Waals surface area contributed by atoms with Crippen molar-refractivity contribution in [2.24, 2.45) is 5.92 Å². The largest absolute Gasteiger partial charge is 0.394 e. The van der Waals surface area contributed by atoms with Gasteiger partial charge in [-0.15, -0.1) is 0 Å². The van der Waals surface area contributed by atoms with E-state index in [9.17, 15) is 9.90 Å². The summed E-state index contributed by atoms with van der Waals surface area (Å²) in [6.45, 7) is 4.86. The molecule has 1 amide bonds. The predicted octanol–water partition coefficient (Wildman–Crippen LogP) is -0.732. The highest BCUT2D eigenvalue weighted by Crippen LogP contribution is 2.25. The smallest absolute Gasteiger partial charge is 0.217 e. The van der Waals surface area contributed by atoms with Crippen LogP contribution in [0.15, 0.2) is 0 Å². The number of hydrogen-bond donors (Lipinski definition) is 3. The predicted molar refractivity (Wildman–Crippen MR) is 54.2 cm³/mol. The van der Waals surface area contributed by atoms with Crippen molar-refractivity contribution < 1.29 is 19.7 Å². The molecule has 5 nitrogen and oxygen atoms in total. The Morgan fingerprint density at radius 2 is 2.07 bits per heavy atom. The van der Waals surface area contributed by atoms with Crippen LogP contribution in [0.2, 0.25) is 0 Å². The van der Waals surface area contributed by atoms with Crippen molar-refractivity contribution >= 4 is 5.91 Å². The molecule has 1 saturated heterocycles. The molecule has 5 heteroatoms. The topological polar surface area (TPSA) is 78.8 Å². The van der Waals surface area contributed by atoms with Crippen molar-refractivity contribution in [3.05, 3.63) is 0 Å². The number of carbonyl (C=O) groups is 1. The molecule has 3 N–H and O–H groups in total. The molecule has 0 aromatic carbocycles. The molecule has 1 aliphatic rings. The van der Waals surface area contributed by atoms with Gasteiger partial charge < -0.3 is 20.3 Å². The Hall–Kier alpha value is -0.650. The Morgan fingerprint density at radius 1 is 1.47 bits per heavy atom. The van der Waals surface area contributed by atoms with E-state index in [4.69, 9.17) is 9.84 Å². The monoisotopic (exact) mass is 217 g/mol. The van der Waals surface area contributed by atoms with Gasteiger partial charge in [0.15, 0.2) is 0 Å². The fourth-order valence-corrected chi connectivity index (χ4v) is 1.96. The van der Waals surface area contributed by atoms with Crippen LogP contribution in [0.1, 0.15) is 20.8 Å². The van der Waals surface area contributed by atoms with Crippen LogP contribution in [0.25, 0.3) is 0 Å². The zero-order valence-electron chi connectivity index (χ0n) is 9.30. The Morgan fingerprint density at radius 3 is 2.53 bits per heavy atom. The molecule has 1 heterocycles. The number of nitrogens with one attached hydrogen (secondary N) is 1. The Kier molecular flexibility index (Phi) is 4.07. The Bertz CT molecular complexity index is 233. The molecule has 5 atom stereocenters. The minimum absolute atomic E-state index is 0.116. The fourth-order valence-electron chi connectivity index (χ4n) is 1.96. The summed E-state index contributed by atoms with van der Waals surface area (Å²) in [6.07, 6.45) is -1.34. The zero-order chi connectivity index (χ0) is 11.6. The normalized spacial score (nSPS) is 41.3. The van der Waals surface area contributed by atoms with Crippen LogP contribution in [0.4, 0.5) is 0 Å². The number of ether oxygens (including phenoxy) is 1. The van der Waals surface area contributed by atoms with Crippen molar-refractivity contribution in [3.8, 4) is 0 Å². The van der Waals surface area contributed by atoms with E-state index in [0.717, 1.165) is 0 Å². The van der Waals surface area contributed by atoms with Gasteiger partial charge in [-0.1, -0.05) is 6.92 Å². The molecule has 2 unspecified atom stereocenters. The molecule has 88 valence electrons. The van der Waals surface area contributed by atoms with Gasteiger partial charge in [-0.2, -0.15) is 0 Å². The SMILES string of the molecule is CC(=O)N[C@H]1C(O)[C@H](C)C(CO)O[C@H]1C. The zero-order valence-corrected chi connectivity index (χ0v) is 9.30. The minimum Gasteiger partial charge on any atom is -0.394 e. The van der Waals surface area contributed by atoms with E-state index in [-0.39, 0.29) is 30.6 Å². The average Bonchev–Trinajstić information content (AvgIpc) is 2.18. The van der Waals surface area contributed by atoms with Crippen LogP contribution in [0, 0.1) is 5.92 Å². The maximum atomic E-state index is 10.9. The van der Waals surface area contributed by atoms with Gasteiger partial charge in [0.25, 0.3) is 0 Å². The number of hydrogen-bond acceptors (Lipinski definition) is 4. The molecule has 0 aromatic rings. The van der Waals surface area contributed by atoms with Crippen LogP contribution >= 0.6 is 0 Å². The molecule has 1 fully saturated rings. The summed E-state index contributed by atoms with van der Waals surface area (Å²) in [5, 5.41) is 21.7. The van der Waals surface area contributed by atoms with Crippen LogP contribution in [0.5, 0.6) is 0 Å². The van der Waals surface area contributed by atoms with Gasteiger partial charge >= 0.3 is 0 Å². The van der Waals surface area contributed by atoms with E-state index in [1.807, 2.05) is 0 Å². The van der Waals surface area contributed by atoms with Gasteiger partial charge in [0, 0.05) is 12.8 Å². The summed E-state index contributed by atoms with van der Waals surface area (Å²) in [5.41, 5.74) is 0. The lowest BCUT2D eigenvalue weighted by Gasteiger charge is -2.42. The second-order valence-corrected chi connectivity index (χ2v) is 4.14. The summed E-state index contributed by atoms with van der Waals surface area (Å²) >= 11 is 0. The first-order valence-corrected chi connectivity index (χ1v) is 5.18. The van der Waals surface area contributed by atoms with Crippen LogP contribution in [-0.4, -0.2) is 47.1 Å². The van der Waals surface area contributed by atoms with E-state index >= 15 is 0 Å². The lowest BCUT2D eigenvalue weighted by Crippen LogP contribution is -2.60. The highest BCUT2D eigenvalue weighted by atomic mass is 16.5. The van der Waals surface area contributed by atoms with Crippen LogP contribution in [0.3, 0.4) is 0 Å². The van der Waals surface area contributed by atoms with Gasteiger partial charge in [0.2, 0.25) is 5.91 Å². The third-order valence-corrected chi connectivity index (χ3v) is 2.94.